The molecule has 0 bridgehead atoms. The number of anilines is 3. The van der Waals surface area contributed by atoms with Gasteiger partial charge in [-0.25, -0.2) is 13.8 Å². The van der Waals surface area contributed by atoms with E-state index in [0.717, 1.165) is 36.4 Å². The van der Waals surface area contributed by atoms with Crippen molar-refractivity contribution in [3.63, 3.8) is 0 Å². The Labute approximate surface area is 256 Å². The van der Waals surface area contributed by atoms with Gasteiger partial charge in [-0.1, -0.05) is 19.9 Å². The highest BCUT2D eigenvalue weighted by Gasteiger charge is 2.34. The van der Waals surface area contributed by atoms with E-state index in [1.165, 1.54) is 23.7 Å². The van der Waals surface area contributed by atoms with Gasteiger partial charge in [-0.3, -0.25) is 14.2 Å². The second-order valence-corrected chi connectivity index (χ2v) is 10.3. The lowest BCUT2D eigenvalue weighted by molar-refractivity contribution is -0.138. The van der Waals surface area contributed by atoms with Crippen molar-refractivity contribution < 1.29 is 49.4 Å². The first-order valence-electron chi connectivity index (χ1n) is 13.5. The van der Waals surface area contributed by atoms with Crippen LogP contribution in [-0.2, 0) is 30.7 Å². The van der Waals surface area contributed by atoms with Gasteiger partial charge in [0.05, 0.1) is 16.8 Å². The van der Waals surface area contributed by atoms with Crippen molar-refractivity contribution in [3.05, 3.63) is 70.8 Å². The number of nitrogens with zero attached hydrogens (tertiary/aromatic N) is 3. The van der Waals surface area contributed by atoms with E-state index < -0.39 is 59.5 Å². The van der Waals surface area contributed by atoms with Crippen LogP contribution in [0.5, 0.6) is 5.88 Å². The predicted molar refractivity (Wildman–Crippen MR) is 151 cm³/mol. The molecule has 0 fully saturated rings. The summed E-state index contributed by atoms with van der Waals surface area (Å²) in [6, 6.07) is 7.73. The minimum Gasteiger partial charge on any atom is -0.471 e. The summed E-state index contributed by atoms with van der Waals surface area (Å²) < 4.78 is 113. The Kier molecular flexibility index (Phi) is 9.72. The molecule has 0 atom stereocenters. The van der Waals surface area contributed by atoms with Crippen LogP contribution in [-0.4, -0.2) is 39.4 Å². The van der Waals surface area contributed by atoms with Crippen molar-refractivity contribution in [1.82, 2.24) is 19.9 Å². The third kappa shape index (κ3) is 8.00. The van der Waals surface area contributed by atoms with E-state index in [-0.39, 0.29) is 41.2 Å². The van der Waals surface area contributed by atoms with Crippen LogP contribution in [0.4, 0.5) is 52.4 Å². The van der Waals surface area contributed by atoms with Crippen molar-refractivity contribution in [2.75, 3.05) is 17.2 Å². The molecule has 0 spiro atoms. The first-order valence-corrected chi connectivity index (χ1v) is 13.5. The zero-order valence-electron chi connectivity index (χ0n) is 24.3. The number of hydrogen-bond acceptors (Lipinski definition) is 6. The summed E-state index contributed by atoms with van der Waals surface area (Å²) in [7, 11) is 1.36. The molecule has 4 rings (SSSR count). The van der Waals surface area contributed by atoms with Crippen molar-refractivity contribution in [2.24, 2.45) is 13.0 Å². The van der Waals surface area contributed by atoms with Gasteiger partial charge in [-0.2, -0.15) is 31.3 Å². The van der Waals surface area contributed by atoms with Gasteiger partial charge in [0.15, 0.2) is 12.3 Å². The highest BCUT2D eigenvalue weighted by molar-refractivity contribution is 6.07. The molecule has 2 heterocycles. The largest absolute Gasteiger partial charge is 0.471 e. The predicted octanol–water partition coefficient (Wildman–Crippen LogP) is 6.92. The van der Waals surface area contributed by atoms with Crippen LogP contribution in [0.1, 0.15) is 40.9 Å². The van der Waals surface area contributed by atoms with Gasteiger partial charge in [-0.15, -0.1) is 0 Å². The Morgan fingerprint density at radius 3 is 2.20 bits per heavy atom. The summed E-state index contributed by atoms with van der Waals surface area (Å²) in [5.74, 6) is -2.41. The van der Waals surface area contributed by atoms with E-state index in [4.69, 9.17) is 4.74 Å². The van der Waals surface area contributed by atoms with E-state index in [9.17, 15) is 44.7 Å². The van der Waals surface area contributed by atoms with Crippen LogP contribution in [0, 0.1) is 5.92 Å². The molecule has 17 heteroatoms. The number of nitrogens with one attached hydrogen (secondary N) is 3. The molecule has 4 aromatic rings. The number of carbonyl (C=O) groups excluding carboxylic acids is 2. The van der Waals surface area contributed by atoms with Crippen molar-refractivity contribution in [1.29, 1.82) is 0 Å². The number of fused-ring (bicyclic) bond motifs is 1. The van der Waals surface area contributed by atoms with Crippen LogP contribution < -0.4 is 20.7 Å². The van der Waals surface area contributed by atoms with Crippen molar-refractivity contribution in [3.8, 4) is 5.88 Å². The maximum Gasteiger partial charge on any atom is 0.418 e. The van der Waals surface area contributed by atoms with Crippen LogP contribution in [0.25, 0.3) is 11.2 Å². The molecule has 0 saturated heterocycles. The quantitative estimate of drug-likeness (QED) is 0.160. The highest BCUT2D eigenvalue weighted by atomic mass is 19.4. The lowest BCUT2D eigenvalue weighted by Crippen LogP contribution is -2.27. The molecule has 3 N–H and O–H groups in total. The number of aromatic nitrogens is 3. The van der Waals surface area contributed by atoms with Gasteiger partial charge < -0.3 is 20.7 Å². The SMILES string of the molecule is CC(C)C(=O)NCc1ccc(C(F)(F)F)c(Nc2nc3cc(C(=O)Nc4ccc(C(F)(F)F)cc4)c(OCC(F)F)nc3n2C)c1. The average molecular weight is 659 g/mol. The van der Waals surface area contributed by atoms with Gasteiger partial charge >= 0.3 is 12.4 Å². The maximum atomic E-state index is 13.9. The van der Waals surface area contributed by atoms with E-state index in [1.54, 1.807) is 13.8 Å². The summed E-state index contributed by atoms with van der Waals surface area (Å²) in [6.07, 6.45) is -12.4. The molecule has 2 amide bonds. The van der Waals surface area contributed by atoms with E-state index >= 15 is 0 Å². The van der Waals surface area contributed by atoms with Crippen LogP contribution in [0.15, 0.2) is 48.5 Å². The Morgan fingerprint density at radius 1 is 0.935 bits per heavy atom. The summed E-state index contributed by atoms with van der Waals surface area (Å²) >= 11 is 0. The van der Waals surface area contributed by atoms with Gasteiger partial charge in [0.1, 0.15) is 11.1 Å². The Morgan fingerprint density at radius 2 is 1.61 bits per heavy atom. The number of alkyl halides is 8. The summed E-state index contributed by atoms with van der Waals surface area (Å²) in [5.41, 5.74) is -2.70. The Balaban J connectivity index is 1.70. The molecule has 0 saturated carbocycles. The van der Waals surface area contributed by atoms with Crippen LogP contribution in [0.3, 0.4) is 0 Å². The second kappa shape index (κ2) is 13.2. The molecule has 46 heavy (non-hydrogen) atoms. The fraction of sp³-hybridized carbons (Fsp3) is 0.310. The summed E-state index contributed by atoms with van der Waals surface area (Å²) in [6.45, 7) is 2.08. The minimum atomic E-state index is -4.79. The third-order valence-electron chi connectivity index (χ3n) is 6.50. The van der Waals surface area contributed by atoms with Gasteiger partial charge in [0, 0.05) is 25.2 Å². The van der Waals surface area contributed by atoms with Gasteiger partial charge in [0.25, 0.3) is 12.3 Å². The van der Waals surface area contributed by atoms with Crippen LogP contribution in [0.2, 0.25) is 0 Å². The molecule has 0 aliphatic carbocycles. The number of benzene rings is 2. The first-order chi connectivity index (χ1) is 21.4. The number of rotatable bonds is 10. The number of amides is 2. The first kappa shape index (κ1) is 33.9. The Hall–Kier alpha value is -4.96. The number of halogens is 8. The molecule has 0 radical (unpaired) electrons. The molecule has 0 aliphatic heterocycles. The maximum absolute atomic E-state index is 13.9. The third-order valence-corrected chi connectivity index (χ3v) is 6.50. The van der Waals surface area contributed by atoms with E-state index in [0.29, 0.717) is 5.56 Å². The molecule has 9 nitrogen and oxygen atoms in total. The fourth-order valence-electron chi connectivity index (χ4n) is 4.13. The standard InChI is InChI=1S/C29H26F8N6O3/c1-14(2)24(44)38-12-15-4-9-19(29(35,36)37)20(10-15)40-27-41-21-11-18(26(46-13-22(30)31)42-23(21)43(27)3)25(45)39-17-7-5-16(6-8-17)28(32,33)34/h4-11,14,22H,12-13H2,1-3H3,(H,38,44)(H,39,45)(H,40,41). The fourth-order valence-corrected chi connectivity index (χ4v) is 4.13. The molecule has 2 aromatic carbocycles. The van der Waals surface area contributed by atoms with E-state index in [2.05, 4.69) is 25.9 Å². The summed E-state index contributed by atoms with van der Waals surface area (Å²) in [5, 5.41) is 7.53. The van der Waals surface area contributed by atoms with Gasteiger partial charge in [-0.05, 0) is 48.0 Å². The number of ether oxygens (including phenoxy) is 1. The highest BCUT2D eigenvalue weighted by Crippen LogP contribution is 2.37. The molecule has 2 aromatic heterocycles. The average Bonchev–Trinajstić information content (AvgIpc) is 3.27. The molecular formula is C29H26F8N6O3. The minimum absolute atomic E-state index is 0.0547. The number of aryl methyl sites for hydroxylation is 1. The van der Waals surface area contributed by atoms with E-state index in [1.807, 2.05) is 0 Å². The molecule has 0 aliphatic rings. The number of pyridine rings is 1. The lowest BCUT2D eigenvalue weighted by Gasteiger charge is -2.16. The monoisotopic (exact) mass is 658 g/mol. The zero-order valence-corrected chi connectivity index (χ0v) is 24.3. The molecule has 246 valence electrons. The smallest absolute Gasteiger partial charge is 0.418 e. The number of carbonyl (C=O) groups is 2. The van der Waals surface area contributed by atoms with Crippen molar-refractivity contribution in [2.45, 2.75) is 39.2 Å². The summed E-state index contributed by atoms with van der Waals surface area (Å²) in [4.78, 5) is 33.4. The Bertz CT molecular complexity index is 1730. The van der Waals surface area contributed by atoms with Gasteiger partial charge in [0.2, 0.25) is 17.7 Å². The molecular weight excluding hydrogens is 632 g/mol. The lowest BCUT2D eigenvalue weighted by atomic mass is 10.1. The zero-order chi connectivity index (χ0) is 34.0. The second-order valence-electron chi connectivity index (χ2n) is 10.3. The topological polar surface area (TPSA) is 110 Å². The molecule has 0 unspecified atom stereocenters. The van der Waals surface area contributed by atoms with Crippen molar-refractivity contribution >= 4 is 40.3 Å². The van der Waals surface area contributed by atoms with Crippen LogP contribution >= 0.6 is 0 Å². The number of hydrogen-bond donors (Lipinski definition) is 3. The number of imidazole rings is 1. The normalized spacial score (nSPS) is 12.1.